The van der Waals surface area contributed by atoms with Gasteiger partial charge in [0, 0.05) is 28.9 Å². The highest BCUT2D eigenvalue weighted by molar-refractivity contribution is 7.18. The van der Waals surface area contributed by atoms with Crippen LogP contribution in [-0.4, -0.2) is 53.7 Å². The molecule has 0 unspecified atom stereocenters. The number of hydrogen-bond donors (Lipinski definition) is 0. The van der Waals surface area contributed by atoms with E-state index in [1.54, 1.807) is 53.9 Å². The molecule has 0 spiro atoms. The molecule has 0 bridgehead atoms. The Bertz CT molecular complexity index is 1230. The second-order valence-electron chi connectivity index (χ2n) is 7.49. The highest BCUT2D eigenvalue weighted by Gasteiger charge is 2.20. The number of rotatable bonds is 7. The highest BCUT2D eigenvalue weighted by atomic mass is 32.1. The van der Waals surface area contributed by atoms with E-state index < -0.39 is 0 Å². The number of carbonyl (C=O) groups excluding carboxylic acids is 1. The summed E-state index contributed by atoms with van der Waals surface area (Å²) in [6.07, 6.45) is 0. The summed E-state index contributed by atoms with van der Waals surface area (Å²) in [5.41, 5.74) is 1.56. The lowest BCUT2D eigenvalue weighted by Crippen LogP contribution is -2.36. The Labute approximate surface area is 199 Å². The Balaban J connectivity index is 1.50. The maximum absolute atomic E-state index is 12.0. The van der Waals surface area contributed by atoms with Gasteiger partial charge >= 0.3 is 5.97 Å². The van der Waals surface area contributed by atoms with Crippen molar-refractivity contribution >= 4 is 38.9 Å². The van der Waals surface area contributed by atoms with Crippen molar-refractivity contribution in [2.24, 2.45) is 0 Å². The van der Waals surface area contributed by atoms with Gasteiger partial charge < -0.3 is 14.2 Å². The average molecular weight is 482 g/mol. The van der Waals surface area contributed by atoms with Crippen LogP contribution < -0.4 is 4.74 Å². The van der Waals surface area contributed by atoms with Crippen LogP contribution in [0.5, 0.6) is 11.6 Å². The first-order valence-electron chi connectivity index (χ1n) is 10.8. The fraction of sp³-hybridized carbons (Fsp3) is 0.292. The van der Waals surface area contributed by atoms with E-state index in [0.717, 1.165) is 52.8 Å². The van der Waals surface area contributed by atoms with Crippen LogP contribution in [0.15, 0.2) is 47.2 Å². The molecule has 1 fully saturated rings. The van der Waals surface area contributed by atoms with Crippen LogP contribution in [0.1, 0.15) is 23.1 Å². The van der Waals surface area contributed by atoms with Gasteiger partial charge in [-0.15, -0.1) is 22.7 Å². The van der Waals surface area contributed by atoms with Gasteiger partial charge in [-0.25, -0.2) is 9.78 Å². The van der Waals surface area contributed by atoms with Crippen LogP contribution in [0, 0.1) is 0 Å². The summed E-state index contributed by atoms with van der Waals surface area (Å²) in [7, 11) is 0. The molecule has 7 nitrogen and oxygen atoms in total. The first-order chi connectivity index (χ1) is 16.2. The van der Waals surface area contributed by atoms with Crippen molar-refractivity contribution < 1.29 is 19.0 Å². The van der Waals surface area contributed by atoms with E-state index in [4.69, 9.17) is 24.2 Å². The molecule has 3 aromatic heterocycles. The van der Waals surface area contributed by atoms with Gasteiger partial charge in [0.2, 0.25) is 5.88 Å². The first kappa shape index (κ1) is 22.0. The molecule has 0 radical (unpaired) electrons. The number of morpholine rings is 1. The molecular weight excluding hydrogens is 458 g/mol. The second-order valence-corrected chi connectivity index (χ2v) is 9.29. The fourth-order valence-corrected chi connectivity index (χ4v) is 5.43. The molecular formula is C24H23N3O4S2. The number of fused-ring (bicyclic) bond motifs is 1. The van der Waals surface area contributed by atoms with Gasteiger partial charge in [0.05, 0.1) is 37.3 Å². The van der Waals surface area contributed by atoms with Gasteiger partial charge in [0.15, 0.2) is 0 Å². The molecule has 33 heavy (non-hydrogen) atoms. The molecule has 1 aromatic carbocycles. The zero-order chi connectivity index (χ0) is 22.6. The Morgan fingerprint density at radius 1 is 1.12 bits per heavy atom. The Kier molecular flexibility index (Phi) is 6.63. The summed E-state index contributed by atoms with van der Waals surface area (Å²) in [6, 6.07) is 11.1. The predicted octanol–water partition coefficient (Wildman–Crippen LogP) is 5.22. The summed E-state index contributed by atoms with van der Waals surface area (Å²) in [5, 5.41) is 5.07. The monoisotopic (exact) mass is 481 g/mol. The zero-order valence-electron chi connectivity index (χ0n) is 18.2. The Morgan fingerprint density at radius 3 is 2.67 bits per heavy atom. The van der Waals surface area contributed by atoms with E-state index in [0.29, 0.717) is 30.3 Å². The summed E-state index contributed by atoms with van der Waals surface area (Å²) in [4.78, 5) is 26.0. The zero-order valence-corrected chi connectivity index (χ0v) is 19.8. The first-order valence-corrected chi connectivity index (χ1v) is 12.5. The highest BCUT2D eigenvalue weighted by Crippen LogP contribution is 2.41. The number of esters is 1. The molecule has 4 aromatic rings. The Morgan fingerprint density at radius 2 is 1.94 bits per heavy atom. The van der Waals surface area contributed by atoms with E-state index in [2.05, 4.69) is 21.7 Å². The van der Waals surface area contributed by atoms with Crippen molar-refractivity contribution in [2.75, 3.05) is 32.9 Å². The van der Waals surface area contributed by atoms with Crippen molar-refractivity contribution in [3.63, 3.8) is 0 Å². The molecule has 1 aliphatic heterocycles. The van der Waals surface area contributed by atoms with Gasteiger partial charge in [-0.1, -0.05) is 6.07 Å². The second kappa shape index (κ2) is 9.96. The molecule has 0 atom stereocenters. The molecule has 0 saturated carbocycles. The number of thiophene rings is 2. The van der Waals surface area contributed by atoms with Crippen molar-refractivity contribution in [2.45, 2.75) is 13.5 Å². The van der Waals surface area contributed by atoms with E-state index in [9.17, 15) is 4.79 Å². The normalized spacial score (nSPS) is 14.5. The largest absolute Gasteiger partial charge is 0.462 e. The topological polar surface area (TPSA) is 73.8 Å². The van der Waals surface area contributed by atoms with Crippen molar-refractivity contribution in [1.29, 1.82) is 0 Å². The van der Waals surface area contributed by atoms with E-state index in [1.807, 2.05) is 6.07 Å². The summed E-state index contributed by atoms with van der Waals surface area (Å²) >= 11 is 3.27. The summed E-state index contributed by atoms with van der Waals surface area (Å²) < 4.78 is 16.8. The van der Waals surface area contributed by atoms with E-state index in [-0.39, 0.29) is 5.97 Å². The number of carbonyl (C=O) groups is 1. The molecule has 170 valence electrons. The number of ether oxygens (including phenoxy) is 3. The van der Waals surface area contributed by atoms with Crippen LogP contribution in [0.4, 0.5) is 0 Å². The van der Waals surface area contributed by atoms with E-state index >= 15 is 0 Å². The van der Waals surface area contributed by atoms with Crippen molar-refractivity contribution in [3.05, 3.63) is 58.5 Å². The van der Waals surface area contributed by atoms with Crippen LogP contribution in [0.2, 0.25) is 0 Å². The van der Waals surface area contributed by atoms with Crippen molar-refractivity contribution in [3.8, 4) is 22.1 Å². The number of hydrogen-bond acceptors (Lipinski definition) is 9. The van der Waals surface area contributed by atoms with Crippen molar-refractivity contribution in [1.82, 2.24) is 14.9 Å². The maximum atomic E-state index is 12.0. The third kappa shape index (κ3) is 4.91. The Hall–Kier alpha value is -2.85. The van der Waals surface area contributed by atoms with Gasteiger partial charge in [0.1, 0.15) is 16.4 Å². The predicted molar refractivity (Wildman–Crippen MR) is 129 cm³/mol. The van der Waals surface area contributed by atoms with E-state index in [1.165, 1.54) is 0 Å². The molecule has 0 aliphatic carbocycles. The third-order valence-electron chi connectivity index (χ3n) is 5.28. The minimum atomic E-state index is -0.348. The molecule has 5 rings (SSSR count). The van der Waals surface area contributed by atoms with Crippen LogP contribution in [0.3, 0.4) is 0 Å². The minimum absolute atomic E-state index is 0.339. The smallest absolute Gasteiger partial charge is 0.338 e. The summed E-state index contributed by atoms with van der Waals surface area (Å²) in [5.74, 6) is 1.50. The van der Waals surface area contributed by atoms with Gasteiger partial charge in [-0.05, 0) is 42.6 Å². The van der Waals surface area contributed by atoms with Gasteiger partial charge in [0.25, 0.3) is 0 Å². The lowest BCUT2D eigenvalue weighted by atomic mass is 10.2. The number of benzene rings is 1. The van der Waals surface area contributed by atoms with Crippen LogP contribution >= 0.6 is 22.7 Å². The molecule has 0 N–H and O–H groups in total. The molecule has 4 heterocycles. The number of nitrogens with zero attached hydrogens (tertiary/aromatic N) is 3. The molecule has 9 heteroatoms. The van der Waals surface area contributed by atoms with Crippen LogP contribution in [0.25, 0.3) is 20.7 Å². The third-order valence-corrected chi connectivity index (χ3v) is 7.06. The quantitative estimate of drug-likeness (QED) is 0.335. The lowest BCUT2D eigenvalue weighted by Gasteiger charge is -2.25. The summed E-state index contributed by atoms with van der Waals surface area (Å²) in [6.45, 7) is 5.93. The molecule has 0 amide bonds. The average Bonchev–Trinajstić information content (AvgIpc) is 3.50. The van der Waals surface area contributed by atoms with Gasteiger partial charge in [-0.2, -0.15) is 4.98 Å². The number of aromatic nitrogens is 2. The minimum Gasteiger partial charge on any atom is -0.462 e. The van der Waals surface area contributed by atoms with Crippen LogP contribution in [-0.2, 0) is 16.0 Å². The standard InChI is InChI=1S/C24H23N3O4S2/c1-2-30-24(28)16-5-7-17(8-6-16)31-22-21-18(19-4-3-13-32-19)15-33-23(21)26-20(25-22)14-27-9-11-29-12-10-27/h3-8,13,15H,2,9-12,14H2,1H3. The fourth-order valence-electron chi connectivity index (χ4n) is 3.65. The molecule has 1 saturated heterocycles. The lowest BCUT2D eigenvalue weighted by molar-refractivity contribution is 0.0330. The van der Waals surface area contributed by atoms with Gasteiger partial charge in [-0.3, -0.25) is 4.90 Å². The molecule has 1 aliphatic rings. The maximum Gasteiger partial charge on any atom is 0.338 e. The SMILES string of the molecule is CCOC(=O)c1ccc(Oc2nc(CN3CCOCC3)nc3scc(-c4cccs4)c23)cc1.